The van der Waals surface area contributed by atoms with Gasteiger partial charge in [-0.3, -0.25) is 14.6 Å². The zero-order valence-electron chi connectivity index (χ0n) is 11.2. The number of nitrogens with zero attached hydrogens (tertiary/aromatic N) is 2. The van der Waals surface area contributed by atoms with Gasteiger partial charge in [0.2, 0.25) is 0 Å². The molecule has 0 radical (unpaired) electrons. The Bertz CT molecular complexity index is 560. The van der Waals surface area contributed by atoms with Crippen LogP contribution in [0.4, 0.5) is 0 Å². The first-order chi connectivity index (χ1) is 9.63. The fourth-order valence-electron chi connectivity index (χ4n) is 3.43. The molecular formula is C14H16N2O4. The third-order valence-corrected chi connectivity index (χ3v) is 4.32. The fourth-order valence-corrected chi connectivity index (χ4v) is 3.43. The average Bonchev–Trinajstić information content (AvgIpc) is 3.04. The van der Waals surface area contributed by atoms with E-state index in [-0.39, 0.29) is 18.0 Å². The third kappa shape index (κ3) is 1.83. The number of carbonyl (C=O) groups is 2. The van der Waals surface area contributed by atoms with E-state index in [0.29, 0.717) is 17.7 Å². The zero-order valence-corrected chi connectivity index (χ0v) is 11.2. The second-order valence-electron chi connectivity index (χ2n) is 5.27. The lowest BCUT2D eigenvalue weighted by atomic mass is 9.89. The molecule has 106 valence electrons. The van der Waals surface area contributed by atoms with Crippen LogP contribution < -0.4 is 4.74 Å². The summed E-state index contributed by atoms with van der Waals surface area (Å²) in [6, 6.07) is 1.46. The van der Waals surface area contributed by atoms with Crippen LogP contribution in [-0.4, -0.2) is 46.1 Å². The third-order valence-electron chi connectivity index (χ3n) is 4.32. The molecule has 1 aromatic rings. The summed E-state index contributed by atoms with van der Waals surface area (Å²) >= 11 is 0. The maximum absolute atomic E-state index is 12.7. The fraction of sp³-hybridized carbons (Fsp3) is 0.500. The highest BCUT2D eigenvalue weighted by atomic mass is 16.5. The lowest BCUT2D eigenvalue weighted by molar-refractivity contribution is -0.142. The van der Waals surface area contributed by atoms with Crippen LogP contribution in [0.2, 0.25) is 0 Å². The number of aliphatic carboxylic acids is 1. The van der Waals surface area contributed by atoms with Crippen LogP contribution in [0, 0.1) is 5.92 Å². The predicted octanol–water partition coefficient (Wildman–Crippen LogP) is 1.17. The average molecular weight is 276 g/mol. The Labute approximate surface area is 116 Å². The summed E-state index contributed by atoms with van der Waals surface area (Å²) in [6.07, 6.45) is 5.25. The second kappa shape index (κ2) is 4.77. The molecule has 3 atom stereocenters. The van der Waals surface area contributed by atoms with E-state index in [9.17, 15) is 14.7 Å². The predicted molar refractivity (Wildman–Crippen MR) is 69.5 cm³/mol. The van der Waals surface area contributed by atoms with Crippen molar-refractivity contribution in [2.45, 2.75) is 31.3 Å². The number of carboxylic acids is 1. The van der Waals surface area contributed by atoms with Gasteiger partial charge in [0.15, 0.2) is 0 Å². The molecule has 20 heavy (non-hydrogen) atoms. The number of pyridine rings is 1. The summed E-state index contributed by atoms with van der Waals surface area (Å²) in [7, 11) is 1.49. The molecule has 3 unspecified atom stereocenters. The summed E-state index contributed by atoms with van der Waals surface area (Å²) < 4.78 is 5.16. The number of carbonyl (C=O) groups excluding carboxylic acids is 1. The lowest BCUT2D eigenvalue weighted by Crippen LogP contribution is -2.38. The normalized spacial score (nSPS) is 27.6. The maximum atomic E-state index is 12.7. The van der Waals surface area contributed by atoms with E-state index in [1.807, 2.05) is 0 Å². The van der Waals surface area contributed by atoms with Crippen molar-refractivity contribution in [1.82, 2.24) is 9.88 Å². The van der Waals surface area contributed by atoms with Crippen molar-refractivity contribution in [2.75, 3.05) is 7.11 Å². The van der Waals surface area contributed by atoms with Crippen molar-refractivity contribution in [3.05, 3.63) is 24.0 Å². The summed E-state index contributed by atoms with van der Waals surface area (Å²) in [5, 5.41) is 9.23. The van der Waals surface area contributed by atoms with Crippen LogP contribution in [0.15, 0.2) is 18.5 Å². The molecule has 1 N–H and O–H groups in total. The summed E-state index contributed by atoms with van der Waals surface area (Å²) in [6.45, 7) is 0. The van der Waals surface area contributed by atoms with E-state index < -0.39 is 11.9 Å². The number of amides is 1. The highest BCUT2D eigenvalue weighted by Gasteiger charge is 2.51. The lowest BCUT2D eigenvalue weighted by Gasteiger charge is -2.23. The van der Waals surface area contributed by atoms with Crippen LogP contribution in [0.25, 0.3) is 0 Å². The first kappa shape index (κ1) is 12.9. The Hall–Kier alpha value is -2.11. The Morgan fingerprint density at radius 1 is 1.45 bits per heavy atom. The first-order valence-corrected chi connectivity index (χ1v) is 6.67. The molecule has 6 heteroatoms. The minimum absolute atomic E-state index is 0.0338. The molecule has 1 amide bonds. The molecule has 2 bridgehead atoms. The quantitative estimate of drug-likeness (QED) is 0.896. The molecule has 3 heterocycles. The second-order valence-corrected chi connectivity index (χ2v) is 5.27. The van der Waals surface area contributed by atoms with E-state index in [2.05, 4.69) is 4.98 Å². The highest BCUT2D eigenvalue weighted by molar-refractivity contribution is 5.98. The van der Waals surface area contributed by atoms with Crippen LogP contribution in [-0.2, 0) is 4.79 Å². The van der Waals surface area contributed by atoms with E-state index in [4.69, 9.17) is 4.74 Å². The van der Waals surface area contributed by atoms with Crippen molar-refractivity contribution in [3.8, 4) is 5.75 Å². The Morgan fingerprint density at radius 3 is 2.90 bits per heavy atom. The number of fused-ring (bicyclic) bond motifs is 2. The molecule has 6 nitrogen and oxygen atoms in total. The van der Waals surface area contributed by atoms with Gasteiger partial charge in [0, 0.05) is 18.3 Å². The number of carboxylic acid groups (broad SMARTS) is 1. The number of ether oxygens (including phenoxy) is 1. The number of hydrogen-bond acceptors (Lipinski definition) is 4. The van der Waals surface area contributed by atoms with Gasteiger partial charge < -0.3 is 14.7 Å². The van der Waals surface area contributed by atoms with E-state index in [1.165, 1.54) is 13.3 Å². The molecule has 2 fully saturated rings. The Balaban J connectivity index is 1.90. The molecule has 2 aliphatic rings. The first-order valence-electron chi connectivity index (χ1n) is 6.67. The minimum Gasteiger partial charge on any atom is -0.494 e. The maximum Gasteiger partial charge on any atom is 0.308 e. The van der Waals surface area contributed by atoms with Crippen molar-refractivity contribution < 1.29 is 19.4 Å². The Kier molecular flexibility index (Phi) is 3.08. The summed E-state index contributed by atoms with van der Waals surface area (Å²) in [5.74, 6) is -0.974. The van der Waals surface area contributed by atoms with Crippen molar-refractivity contribution >= 4 is 11.9 Å². The van der Waals surface area contributed by atoms with Crippen LogP contribution >= 0.6 is 0 Å². The van der Waals surface area contributed by atoms with Crippen LogP contribution in [0.1, 0.15) is 29.6 Å². The zero-order chi connectivity index (χ0) is 14.3. The number of hydrogen-bond donors (Lipinski definition) is 1. The van der Waals surface area contributed by atoms with Gasteiger partial charge in [0.25, 0.3) is 5.91 Å². The molecule has 3 rings (SSSR count). The van der Waals surface area contributed by atoms with Gasteiger partial charge in [0.1, 0.15) is 5.75 Å². The SMILES string of the molecule is COc1cnccc1C(=O)N1C2CCC1C(C(=O)O)C2. The van der Waals surface area contributed by atoms with E-state index in [0.717, 1.165) is 12.8 Å². The minimum atomic E-state index is -0.809. The van der Waals surface area contributed by atoms with Crippen LogP contribution in [0.5, 0.6) is 5.75 Å². The van der Waals surface area contributed by atoms with Crippen molar-refractivity contribution in [3.63, 3.8) is 0 Å². The molecule has 0 aromatic carbocycles. The molecule has 2 aliphatic heterocycles. The molecular weight excluding hydrogens is 260 g/mol. The van der Waals surface area contributed by atoms with Gasteiger partial charge in [-0.25, -0.2) is 0 Å². The number of rotatable bonds is 3. The smallest absolute Gasteiger partial charge is 0.308 e. The largest absolute Gasteiger partial charge is 0.494 e. The molecule has 1 aromatic heterocycles. The molecule has 0 spiro atoms. The van der Waals surface area contributed by atoms with Gasteiger partial charge in [-0.15, -0.1) is 0 Å². The molecule has 0 aliphatic carbocycles. The number of aromatic nitrogens is 1. The monoisotopic (exact) mass is 276 g/mol. The summed E-state index contributed by atoms with van der Waals surface area (Å²) in [4.78, 5) is 29.6. The highest BCUT2D eigenvalue weighted by Crippen LogP contribution is 2.43. The van der Waals surface area contributed by atoms with Crippen molar-refractivity contribution in [1.29, 1.82) is 0 Å². The van der Waals surface area contributed by atoms with Crippen molar-refractivity contribution in [2.24, 2.45) is 5.92 Å². The topological polar surface area (TPSA) is 79.7 Å². The molecule has 2 saturated heterocycles. The molecule has 0 saturated carbocycles. The Morgan fingerprint density at radius 2 is 2.25 bits per heavy atom. The van der Waals surface area contributed by atoms with Gasteiger partial charge in [0.05, 0.1) is 24.8 Å². The van der Waals surface area contributed by atoms with Gasteiger partial charge in [-0.05, 0) is 25.3 Å². The van der Waals surface area contributed by atoms with Gasteiger partial charge in [-0.2, -0.15) is 0 Å². The number of methoxy groups -OCH3 is 1. The summed E-state index contributed by atoms with van der Waals surface area (Å²) in [5.41, 5.74) is 0.449. The standard InChI is InChI=1S/C14H16N2O4/c1-20-12-7-15-5-4-9(12)13(17)16-8-2-3-11(16)10(6-8)14(18)19/h4-5,7-8,10-11H,2-3,6H2,1H3,(H,18,19). The van der Waals surface area contributed by atoms with E-state index in [1.54, 1.807) is 17.2 Å². The van der Waals surface area contributed by atoms with Crippen LogP contribution in [0.3, 0.4) is 0 Å². The van der Waals surface area contributed by atoms with Gasteiger partial charge in [-0.1, -0.05) is 0 Å². The van der Waals surface area contributed by atoms with Gasteiger partial charge >= 0.3 is 5.97 Å². The van der Waals surface area contributed by atoms with E-state index >= 15 is 0 Å².